The molecule has 0 radical (unpaired) electrons. The van der Waals surface area contributed by atoms with Gasteiger partial charge in [-0.2, -0.15) is 5.26 Å². The predicted molar refractivity (Wildman–Crippen MR) is 89.2 cm³/mol. The number of nitriles is 1. The number of amides is 1. The number of rotatable bonds is 4. The van der Waals surface area contributed by atoms with Gasteiger partial charge in [-0.25, -0.2) is 0 Å². The largest absolute Gasteiger partial charge is 0.326 e. The van der Waals surface area contributed by atoms with E-state index in [-0.39, 0.29) is 11.8 Å². The maximum atomic E-state index is 12.7. The minimum absolute atomic E-state index is 0.113. The molecule has 1 saturated carbocycles. The first-order valence-corrected chi connectivity index (χ1v) is 8.28. The fourth-order valence-corrected chi connectivity index (χ4v) is 3.54. The molecule has 0 saturated heterocycles. The summed E-state index contributed by atoms with van der Waals surface area (Å²) in [6.07, 6.45) is 3.78. The Morgan fingerprint density at radius 3 is 2.59 bits per heavy atom. The van der Waals surface area contributed by atoms with Crippen LogP contribution in [0.5, 0.6) is 0 Å². The van der Waals surface area contributed by atoms with Gasteiger partial charge in [0.25, 0.3) is 0 Å². The van der Waals surface area contributed by atoms with Gasteiger partial charge in [0.2, 0.25) is 5.91 Å². The van der Waals surface area contributed by atoms with Crippen molar-refractivity contribution >= 4 is 11.6 Å². The van der Waals surface area contributed by atoms with Crippen LogP contribution in [0, 0.1) is 35.0 Å². The molecule has 3 nitrogen and oxygen atoms in total. The van der Waals surface area contributed by atoms with E-state index in [0.29, 0.717) is 24.2 Å². The number of carbonyl (C=O) groups is 1. The molecule has 1 N–H and O–H groups in total. The molecule has 1 aromatic carbocycles. The van der Waals surface area contributed by atoms with Gasteiger partial charge in [-0.1, -0.05) is 39.3 Å². The van der Waals surface area contributed by atoms with Crippen LogP contribution in [0.4, 0.5) is 5.69 Å². The van der Waals surface area contributed by atoms with Crippen LogP contribution in [0.25, 0.3) is 0 Å². The highest BCUT2D eigenvalue weighted by molar-refractivity contribution is 5.92. The molecule has 22 heavy (non-hydrogen) atoms. The standard InChI is InChI=1S/C19H26N2O/c1-13(2)17-9-4-14(3)12-18(17)19(22)21-16-7-5-15(6-8-16)10-11-20/h5-8,13-14,17-18H,4,9-10,12H2,1-3H3,(H,21,22). The Labute approximate surface area is 133 Å². The smallest absolute Gasteiger partial charge is 0.227 e. The molecule has 2 rings (SSSR count). The Morgan fingerprint density at radius 2 is 2.00 bits per heavy atom. The Kier molecular flexibility index (Phi) is 5.60. The summed E-state index contributed by atoms with van der Waals surface area (Å²) in [5, 5.41) is 11.8. The van der Waals surface area contributed by atoms with E-state index < -0.39 is 0 Å². The number of hydrogen-bond donors (Lipinski definition) is 1. The van der Waals surface area contributed by atoms with Gasteiger partial charge in [-0.3, -0.25) is 4.79 Å². The maximum absolute atomic E-state index is 12.7. The molecule has 1 aliphatic rings. The minimum atomic E-state index is 0.113. The Bertz CT molecular complexity index is 542. The molecule has 0 bridgehead atoms. The van der Waals surface area contributed by atoms with Gasteiger partial charge < -0.3 is 5.32 Å². The molecular formula is C19H26N2O. The summed E-state index contributed by atoms with van der Waals surface area (Å²) >= 11 is 0. The summed E-state index contributed by atoms with van der Waals surface area (Å²) in [5.41, 5.74) is 1.80. The zero-order valence-corrected chi connectivity index (χ0v) is 13.8. The van der Waals surface area contributed by atoms with Crippen LogP contribution in [-0.4, -0.2) is 5.91 Å². The number of hydrogen-bond acceptors (Lipinski definition) is 2. The molecule has 118 valence electrons. The van der Waals surface area contributed by atoms with Gasteiger partial charge in [-0.05, 0) is 48.3 Å². The summed E-state index contributed by atoms with van der Waals surface area (Å²) in [5.74, 6) is 1.92. The van der Waals surface area contributed by atoms with Crippen molar-refractivity contribution < 1.29 is 4.79 Å². The van der Waals surface area contributed by atoms with Crippen molar-refractivity contribution in [1.82, 2.24) is 0 Å². The van der Waals surface area contributed by atoms with Gasteiger partial charge in [0, 0.05) is 11.6 Å². The topological polar surface area (TPSA) is 52.9 Å². The molecule has 1 amide bonds. The van der Waals surface area contributed by atoms with Gasteiger partial charge >= 0.3 is 0 Å². The maximum Gasteiger partial charge on any atom is 0.227 e. The molecule has 1 fully saturated rings. The fraction of sp³-hybridized carbons (Fsp3) is 0.579. The molecule has 0 aromatic heterocycles. The van der Waals surface area contributed by atoms with E-state index in [1.165, 1.54) is 6.42 Å². The molecule has 3 unspecified atom stereocenters. The van der Waals surface area contributed by atoms with Gasteiger partial charge in [0.15, 0.2) is 0 Å². The number of benzene rings is 1. The van der Waals surface area contributed by atoms with Crippen molar-refractivity contribution in [3.63, 3.8) is 0 Å². The second-order valence-electron chi connectivity index (χ2n) is 6.95. The van der Waals surface area contributed by atoms with Crippen LogP contribution in [0.2, 0.25) is 0 Å². The van der Waals surface area contributed by atoms with Crippen molar-refractivity contribution in [2.45, 2.75) is 46.5 Å². The summed E-state index contributed by atoms with van der Waals surface area (Å²) in [4.78, 5) is 12.7. The van der Waals surface area contributed by atoms with Gasteiger partial charge in [0.1, 0.15) is 0 Å². The van der Waals surface area contributed by atoms with E-state index >= 15 is 0 Å². The van der Waals surface area contributed by atoms with Crippen LogP contribution in [-0.2, 0) is 11.2 Å². The Morgan fingerprint density at radius 1 is 1.32 bits per heavy atom. The molecule has 1 aliphatic carbocycles. The quantitative estimate of drug-likeness (QED) is 0.895. The average molecular weight is 298 g/mol. The lowest BCUT2D eigenvalue weighted by molar-refractivity contribution is -0.123. The third kappa shape index (κ3) is 4.10. The van der Waals surface area contributed by atoms with Crippen LogP contribution in [0.3, 0.4) is 0 Å². The summed E-state index contributed by atoms with van der Waals surface area (Å²) in [6.45, 7) is 6.68. The SMILES string of the molecule is CC1CCC(C(C)C)C(C(=O)Nc2ccc(CC#N)cc2)C1. The molecule has 0 aliphatic heterocycles. The zero-order chi connectivity index (χ0) is 16.1. The van der Waals surface area contributed by atoms with Crippen LogP contribution in [0.15, 0.2) is 24.3 Å². The fourth-order valence-electron chi connectivity index (χ4n) is 3.54. The van der Waals surface area contributed by atoms with Crippen molar-refractivity contribution in [3.8, 4) is 6.07 Å². The zero-order valence-electron chi connectivity index (χ0n) is 13.8. The van der Waals surface area contributed by atoms with Crippen molar-refractivity contribution in [3.05, 3.63) is 29.8 Å². The third-order valence-corrected chi connectivity index (χ3v) is 4.86. The first-order chi connectivity index (χ1) is 10.5. The highest BCUT2D eigenvalue weighted by Crippen LogP contribution is 2.38. The first-order valence-electron chi connectivity index (χ1n) is 8.28. The van der Waals surface area contributed by atoms with Crippen molar-refractivity contribution in [1.29, 1.82) is 5.26 Å². The highest BCUT2D eigenvalue weighted by Gasteiger charge is 2.35. The van der Waals surface area contributed by atoms with Crippen LogP contribution < -0.4 is 5.32 Å². The first kappa shape index (κ1) is 16.5. The van der Waals surface area contributed by atoms with E-state index in [4.69, 9.17) is 5.26 Å². The highest BCUT2D eigenvalue weighted by atomic mass is 16.1. The second kappa shape index (κ2) is 7.45. The van der Waals surface area contributed by atoms with Crippen LogP contribution in [0.1, 0.15) is 45.6 Å². The second-order valence-corrected chi connectivity index (χ2v) is 6.95. The third-order valence-electron chi connectivity index (χ3n) is 4.86. The summed E-state index contributed by atoms with van der Waals surface area (Å²) in [7, 11) is 0. The molecule has 3 atom stereocenters. The number of carbonyl (C=O) groups excluding carboxylic acids is 1. The van der Waals surface area contributed by atoms with E-state index in [1.807, 2.05) is 24.3 Å². The lowest BCUT2D eigenvalue weighted by atomic mass is 9.70. The van der Waals surface area contributed by atoms with Gasteiger partial charge in [-0.15, -0.1) is 0 Å². The lowest BCUT2D eigenvalue weighted by Crippen LogP contribution is -2.36. The van der Waals surface area contributed by atoms with E-state index in [9.17, 15) is 4.79 Å². The molecule has 3 heteroatoms. The summed E-state index contributed by atoms with van der Waals surface area (Å²) in [6, 6.07) is 9.72. The number of anilines is 1. The number of nitrogens with zero attached hydrogens (tertiary/aromatic N) is 1. The minimum Gasteiger partial charge on any atom is -0.326 e. The number of nitrogens with one attached hydrogen (secondary N) is 1. The average Bonchev–Trinajstić information content (AvgIpc) is 2.49. The molecular weight excluding hydrogens is 272 g/mol. The monoisotopic (exact) mass is 298 g/mol. The lowest BCUT2D eigenvalue weighted by Gasteiger charge is -2.36. The van der Waals surface area contributed by atoms with E-state index in [0.717, 1.165) is 24.1 Å². The van der Waals surface area contributed by atoms with Crippen molar-refractivity contribution in [2.75, 3.05) is 5.32 Å². The van der Waals surface area contributed by atoms with Gasteiger partial charge in [0.05, 0.1) is 12.5 Å². The predicted octanol–water partition coefficient (Wildman–Crippen LogP) is 4.40. The molecule has 0 spiro atoms. The Balaban J connectivity index is 2.04. The molecule has 1 aromatic rings. The summed E-state index contributed by atoms with van der Waals surface area (Å²) < 4.78 is 0. The van der Waals surface area contributed by atoms with E-state index in [2.05, 4.69) is 32.2 Å². The molecule has 0 heterocycles. The normalized spacial score (nSPS) is 24.8. The Hall–Kier alpha value is -1.82. The van der Waals surface area contributed by atoms with E-state index in [1.54, 1.807) is 0 Å². The van der Waals surface area contributed by atoms with Crippen LogP contribution >= 0.6 is 0 Å². The van der Waals surface area contributed by atoms with Crippen molar-refractivity contribution in [2.24, 2.45) is 23.7 Å².